The molecule has 3 heterocycles. The molecule has 32 heavy (non-hydrogen) atoms. The molecule has 170 valence electrons. The molecule has 5 aliphatic rings. The van der Waals surface area contributed by atoms with Gasteiger partial charge >= 0.3 is 0 Å². The average molecular weight is 435 g/mol. The third-order valence-electron chi connectivity index (χ3n) is 8.69. The van der Waals surface area contributed by atoms with Crippen molar-refractivity contribution in [3.05, 3.63) is 47.5 Å². The molecule has 0 radical (unpaired) electrons. The summed E-state index contributed by atoms with van der Waals surface area (Å²) in [5, 5.41) is 3.32. The van der Waals surface area contributed by atoms with E-state index in [0.717, 1.165) is 44.1 Å². The molecule has 5 atom stereocenters. The number of hydrogen-bond acceptors (Lipinski definition) is 3. The van der Waals surface area contributed by atoms with Crippen LogP contribution in [0.1, 0.15) is 74.8 Å². The Kier molecular flexibility index (Phi) is 4.94. The van der Waals surface area contributed by atoms with Crippen molar-refractivity contribution in [3.8, 4) is 0 Å². The lowest BCUT2D eigenvalue weighted by atomic mass is 9.72. The van der Waals surface area contributed by atoms with Gasteiger partial charge < -0.3 is 15.0 Å². The van der Waals surface area contributed by atoms with E-state index in [1.54, 1.807) is 0 Å². The van der Waals surface area contributed by atoms with Crippen LogP contribution in [0.3, 0.4) is 0 Å². The second-order valence-electron chi connectivity index (χ2n) is 10.6. The Bertz CT molecular complexity index is 929. The van der Waals surface area contributed by atoms with Crippen LogP contribution in [0, 0.1) is 12.8 Å². The number of aryl methyl sites for hydroxylation is 1. The molecule has 5 nitrogen and oxygen atoms in total. The van der Waals surface area contributed by atoms with Gasteiger partial charge in [0, 0.05) is 18.0 Å². The van der Waals surface area contributed by atoms with Gasteiger partial charge in [0.2, 0.25) is 11.8 Å². The van der Waals surface area contributed by atoms with Crippen molar-refractivity contribution in [1.29, 1.82) is 0 Å². The SMILES string of the molecule is Cc1ccc([C@@H]2[C@H]3C=C[C@@]4(O3)[C@H]2C(=O)N(C2CCCCC2)[C@@H]4C(=O)NC2CCCC2)cc1. The standard InChI is InChI=1S/C27H34N2O3/c1-17-11-13-18(14-12-17)22-21-15-16-27(32-21)23(22)26(31)29(20-9-3-2-4-10-20)24(27)25(30)28-19-7-5-6-8-19/h11-16,19-24H,2-10H2,1H3,(H,28,30)/t21-,22-,23-,24-,27-/m1/s1. The van der Waals surface area contributed by atoms with Gasteiger partial charge in [0.15, 0.2) is 0 Å². The van der Waals surface area contributed by atoms with Crippen LogP contribution >= 0.6 is 0 Å². The average Bonchev–Trinajstić information content (AvgIpc) is 3.57. The number of carbonyl (C=O) groups excluding carboxylic acids is 2. The van der Waals surface area contributed by atoms with Gasteiger partial charge in [-0.2, -0.15) is 0 Å². The van der Waals surface area contributed by atoms with Crippen LogP contribution < -0.4 is 5.32 Å². The highest BCUT2D eigenvalue weighted by molar-refractivity contribution is 5.97. The van der Waals surface area contributed by atoms with E-state index in [1.165, 1.54) is 24.8 Å². The predicted molar refractivity (Wildman–Crippen MR) is 122 cm³/mol. The Hall–Kier alpha value is -2.14. The highest BCUT2D eigenvalue weighted by Gasteiger charge is 2.72. The molecule has 2 aliphatic carbocycles. The van der Waals surface area contributed by atoms with Gasteiger partial charge in [-0.3, -0.25) is 9.59 Å². The molecule has 2 bridgehead atoms. The van der Waals surface area contributed by atoms with Crippen LogP contribution in [0.4, 0.5) is 0 Å². The zero-order valence-electron chi connectivity index (χ0n) is 19.0. The first-order chi connectivity index (χ1) is 15.6. The first-order valence-corrected chi connectivity index (χ1v) is 12.6. The number of fused-ring (bicyclic) bond motifs is 1. The number of rotatable bonds is 4. The Morgan fingerprint density at radius 1 is 1.03 bits per heavy atom. The number of amides is 2. The molecule has 1 spiro atoms. The van der Waals surface area contributed by atoms with E-state index in [4.69, 9.17) is 4.74 Å². The number of hydrogen-bond donors (Lipinski definition) is 1. The van der Waals surface area contributed by atoms with Gasteiger partial charge in [-0.25, -0.2) is 0 Å². The van der Waals surface area contributed by atoms with Crippen LogP contribution in [0.2, 0.25) is 0 Å². The van der Waals surface area contributed by atoms with Gasteiger partial charge in [0.05, 0.1) is 12.0 Å². The Morgan fingerprint density at radius 3 is 2.44 bits per heavy atom. The number of nitrogens with one attached hydrogen (secondary N) is 1. The van der Waals surface area contributed by atoms with E-state index in [1.807, 2.05) is 4.90 Å². The maximum absolute atomic E-state index is 14.1. The monoisotopic (exact) mass is 434 g/mol. The molecule has 0 aromatic heterocycles. The smallest absolute Gasteiger partial charge is 0.246 e. The van der Waals surface area contributed by atoms with Crippen LogP contribution in [0.5, 0.6) is 0 Å². The van der Waals surface area contributed by atoms with Crippen LogP contribution in [0.15, 0.2) is 36.4 Å². The minimum atomic E-state index is -0.836. The summed E-state index contributed by atoms with van der Waals surface area (Å²) in [5.41, 5.74) is 1.52. The Balaban J connectivity index is 1.39. The maximum Gasteiger partial charge on any atom is 0.246 e. The van der Waals surface area contributed by atoms with Gasteiger partial charge in [-0.1, -0.05) is 74.1 Å². The lowest BCUT2D eigenvalue weighted by Crippen LogP contribution is -2.58. The summed E-state index contributed by atoms with van der Waals surface area (Å²) in [4.78, 5) is 29.9. The lowest BCUT2D eigenvalue weighted by Gasteiger charge is -2.38. The van der Waals surface area contributed by atoms with E-state index in [2.05, 4.69) is 48.7 Å². The van der Waals surface area contributed by atoms with Crippen molar-refractivity contribution < 1.29 is 14.3 Å². The van der Waals surface area contributed by atoms with Crippen molar-refractivity contribution >= 4 is 11.8 Å². The zero-order chi connectivity index (χ0) is 21.9. The van der Waals surface area contributed by atoms with Crippen LogP contribution in [-0.4, -0.2) is 46.5 Å². The van der Waals surface area contributed by atoms with Crippen LogP contribution in [0.25, 0.3) is 0 Å². The summed E-state index contributed by atoms with van der Waals surface area (Å²) < 4.78 is 6.64. The fourth-order valence-electron chi connectivity index (χ4n) is 7.18. The summed E-state index contributed by atoms with van der Waals surface area (Å²) in [7, 11) is 0. The molecule has 2 saturated carbocycles. The van der Waals surface area contributed by atoms with E-state index in [0.29, 0.717) is 0 Å². The normalized spacial score (nSPS) is 36.8. The number of ether oxygens (including phenoxy) is 1. The van der Waals surface area contributed by atoms with Crippen LogP contribution in [-0.2, 0) is 14.3 Å². The third-order valence-corrected chi connectivity index (χ3v) is 8.69. The molecule has 3 aliphatic heterocycles. The number of carbonyl (C=O) groups is 2. The number of likely N-dealkylation sites (tertiary alicyclic amines) is 1. The van der Waals surface area contributed by atoms with Crippen molar-refractivity contribution in [1.82, 2.24) is 10.2 Å². The second-order valence-corrected chi connectivity index (χ2v) is 10.6. The maximum atomic E-state index is 14.1. The van der Waals surface area contributed by atoms with Crippen molar-refractivity contribution in [2.45, 2.75) is 100 Å². The van der Waals surface area contributed by atoms with Crippen molar-refractivity contribution in [2.24, 2.45) is 5.92 Å². The van der Waals surface area contributed by atoms with E-state index in [9.17, 15) is 9.59 Å². The van der Waals surface area contributed by atoms with Gasteiger partial charge in [-0.15, -0.1) is 0 Å². The molecule has 6 rings (SSSR count). The molecule has 1 aromatic carbocycles. The molecule has 0 unspecified atom stereocenters. The summed E-state index contributed by atoms with van der Waals surface area (Å²) in [5.74, 6) is -0.223. The first-order valence-electron chi connectivity index (χ1n) is 12.6. The summed E-state index contributed by atoms with van der Waals surface area (Å²) in [6.07, 6.45) is 13.9. The first kappa shape index (κ1) is 20.5. The predicted octanol–water partition coefficient (Wildman–Crippen LogP) is 4.00. The van der Waals surface area contributed by atoms with Crippen molar-refractivity contribution in [3.63, 3.8) is 0 Å². The fraction of sp³-hybridized carbons (Fsp3) is 0.630. The molecular weight excluding hydrogens is 400 g/mol. The Labute approximate surface area is 190 Å². The minimum Gasteiger partial charge on any atom is -0.359 e. The highest BCUT2D eigenvalue weighted by atomic mass is 16.5. The third kappa shape index (κ3) is 3.00. The largest absolute Gasteiger partial charge is 0.359 e. The lowest BCUT2D eigenvalue weighted by molar-refractivity contribution is -0.143. The van der Waals surface area contributed by atoms with Gasteiger partial charge in [0.25, 0.3) is 0 Å². The molecule has 2 saturated heterocycles. The zero-order valence-corrected chi connectivity index (χ0v) is 19.0. The number of nitrogens with zero attached hydrogens (tertiary/aromatic N) is 1. The second kappa shape index (κ2) is 7.72. The van der Waals surface area contributed by atoms with E-state index in [-0.39, 0.29) is 41.8 Å². The molecule has 5 heteroatoms. The number of benzene rings is 1. The summed E-state index contributed by atoms with van der Waals surface area (Å²) >= 11 is 0. The molecule has 1 aromatic rings. The van der Waals surface area contributed by atoms with Crippen molar-refractivity contribution in [2.75, 3.05) is 0 Å². The quantitative estimate of drug-likeness (QED) is 0.729. The van der Waals surface area contributed by atoms with Gasteiger partial charge in [0.1, 0.15) is 11.6 Å². The van der Waals surface area contributed by atoms with E-state index < -0.39 is 11.6 Å². The summed E-state index contributed by atoms with van der Waals surface area (Å²) in [6.45, 7) is 2.08. The van der Waals surface area contributed by atoms with E-state index >= 15 is 0 Å². The highest BCUT2D eigenvalue weighted by Crippen LogP contribution is 2.59. The summed E-state index contributed by atoms with van der Waals surface area (Å²) in [6, 6.07) is 8.31. The van der Waals surface area contributed by atoms with Gasteiger partial charge in [-0.05, 0) is 38.2 Å². The topological polar surface area (TPSA) is 58.6 Å². The molecule has 4 fully saturated rings. The molecule has 2 amide bonds. The molecular formula is C27H34N2O3. The minimum absolute atomic E-state index is 0.00632. The molecule has 1 N–H and O–H groups in total. The fourth-order valence-corrected chi connectivity index (χ4v) is 7.18. The Morgan fingerprint density at radius 2 is 1.72 bits per heavy atom.